The highest BCUT2D eigenvalue weighted by Gasteiger charge is 2.17. The van der Waals surface area contributed by atoms with Gasteiger partial charge in [-0.2, -0.15) is 0 Å². The van der Waals surface area contributed by atoms with E-state index in [1.807, 2.05) is 4.90 Å². The van der Waals surface area contributed by atoms with Crippen LogP contribution in [0.15, 0.2) is 18.2 Å². The van der Waals surface area contributed by atoms with Gasteiger partial charge in [-0.05, 0) is 12.1 Å². The van der Waals surface area contributed by atoms with Gasteiger partial charge in [0, 0.05) is 19.2 Å². The van der Waals surface area contributed by atoms with Crippen LogP contribution in [0.4, 0.5) is 10.1 Å². The first-order valence-corrected chi connectivity index (χ1v) is 4.68. The Morgan fingerprint density at radius 3 is 2.81 bits per heavy atom. The van der Waals surface area contributed by atoms with E-state index in [1.54, 1.807) is 6.07 Å². The number of anilines is 1. The fraction of sp³-hybridized carbons (Fsp3) is 0.400. The molecule has 0 saturated heterocycles. The number of hydrogen-bond donors (Lipinski definition) is 1. The van der Waals surface area contributed by atoms with E-state index in [0.29, 0.717) is 13.2 Å². The van der Waals surface area contributed by atoms with Crippen molar-refractivity contribution in [3.8, 4) is 5.75 Å². The van der Waals surface area contributed by atoms with E-state index in [9.17, 15) is 4.39 Å². The molecule has 6 heteroatoms. The monoisotopic (exact) mass is 268 g/mol. The third-order valence-electron chi connectivity index (χ3n) is 2.28. The molecule has 92 valence electrons. The van der Waals surface area contributed by atoms with E-state index < -0.39 is 0 Å². The Morgan fingerprint density at radius 1 is 1.38 bits per heavy atom. The standard InChI is InChI=1S/C10H13FN2O.2ClH/c11-8-1-2-10-9(7-8)13(4-3-12)5-6-14-10;;/h1-2,7H,3-6,12H2;2*1H. The summed E-state index contributed by atoms with van der Waals surface area (Å²) in [6, 6.07) is 4.56. The third kappa shape index (κ3) is 3.14. The summed E-state index contributed by atoms with van der Waals surface area (Å²) in [5.74, 6) is 0.502. The summed E-state index contributed by atoms with van der Waals surface area (Å²) in [7, 11) is 0. The summed E-state index contributed by atoms with van der Waals surface area (Å²) in [5, 5.41) is 0. The van der Waals surface area contributed by atoms with Crippen molar-refractivity contribution in [3.05, 3.63) is 24.0 Å². The van der Waals surface area contributed by atoms with Crippen LogP contribution in [0.5, 0.6) is 5.75 Å². The minimum atomic E-state index is -0.240. The molecule has 0 amide bonds. The van der Waals surface area contributed by atoms with Crippen LogP contribution in [-0.4, -0.2) is 26.2 Å². The number of ether oxygens (including phenoxy) is 1. The van der Waals surface area contributed by atoms with E-state index in [1.165, 1.54) is 12.1 Å². The molecule has 16 heavy (non-hydrogen) atoms. The molecule has 3 nitrogen and oxygen atoms in total. The number of rotatable bonds is 2. The fourth-order valence-electron chi connectivity index (χ4n) is 1.63. The van der Waals surface area contributed by atoms with Crippen molar-refractivity contribution in [2.45, 2.75) is 0 Å². The Hall–Kier alpha value is -0.710. The molecule has 0 aromatic heterocycles. The van der Waals surface area contributed by atoms with Gasteiger partial charge >= 0.3 is 0 Å². The van der Waals surface area contributed by atoms with Gasteiger partial charge in [-0.25, -0.2) is 4.39 Å². The molecule has 2 rings (SSSR count). The Kier molecular flexibility index (Phi) is 6.48. The van der Waals surface area contributed by atoms with Gasteiger partial charge in [0.15, 0.2) is 0 Å². The second-order valence-electron chi connectivity index (χ2n) is 3.24. The molecule has 0 unspecified atom stereocenters. The number of benzene rings is 1. The zero-order valence-electron chi connectivity index (χ0n) is 8.69. The maximum Gasteiger partial charge on any atom is 0.142 e. The highest BCUT2D eigenvalue weighted by molar-refractivity contribution is 5.85. The summed E-state index contributed by atoms with van der Waals surface area (Å²) < 4.78 is 18.4. The van der Waals surface area contributed by atoms with E-state index in [0.717, 1.165) is 24.5 Å². The lowest BCUT2D eigenvalue weighted by Crippen LogP contribution is -2.36. The quantitative estimate of drug-likeness (QED) is 0.890. The number of hydrogen-bond acceptors (Lipinski definition) is 3. The Bertz CT molecular complexity index is 339. The average molecular weight is 269 g/mol. The van der Waals surface area contributed by atoms with Crippen LogP contribution >= 0.6 is 24.8 Å². The molecule has 0 atom stereocenters. The first kappa shape index (κ1) is 15.3. The van der Waals surface area contributed by atoms with Crippen molar-refractivity contribution in [1.29, 1.82) is 0 Å². The van der Waals surface area contributed by atoms with Crippen LogP contribution in [0.25, 0.3) is 0 Å². The van der Waals surface area contributed by atoms with E-state index >= 15 is 0 Å². The predicted octanol–water partition coefficient (Wildman–Crippen LogP) is 1.83. The van der Waals surface area contributed by atoms with Crippen LogP contribution in [0, 0.1) is 5.82 Å². The van der Waals surface area contributed by atoms with Crippen LogP contribution in [-0.2, 0) is 0 Å². The Balaban J connectivity index is 0.00000112. The summed E-state index contributed by atoms with van der Waals surface area (Å²) in [6.07, 6.45) is 0. The summed E-state index contributed by atoms with van der Waals surface area (Å²) >= 11 is 0. The van der Waals surface area contributed by atoms with Crippen LogP contribution < -0.4 is 15.4 Å². The van der Waals surface area contributed by atoms with E-state index in [-0.39, 0.29) is 30.6 Å². The molecule has 0 saturated carbocycles. The predicted molar refractivity (Wildman–Crippen MR) is 67.7 cm³/mol. The molecule has 1 aromatic rings. The molecule has 1 aliphatic heterocycles. The summed E-state index contributed by atoms with van der Waals surface area (Å²) in [4.78, 5) is 2.04. The van der Waals surface area contributed by atoms with Crippen molar-refractivity contribution in [1.82, 2.24) is 0 Å². The first-order chi connectivity index (χ1) is 6.81. The van der Waals surface area contributed by atoms with Crippen molar-refractivity contribution >= 4 is 30.5 Å². The van der Waals surface area contributed by atoms with Gasteiger partial charge in [0.25, 0.3) is 0 Å². The van der Waals surface area contributed by atoms with Gasteiger partial charge in [-0.15, -0.1) is 24.8 Å². The molecular formula is C10H15Cl2FN2O. The number of nitrogens with zero attached hydrogens (tertiary/aromatic N) is 1. The molecule has 1 heterocycles. The van der Waals surface area contributed by atoms with Gasteiger partial charge < -0.3 is 15.4 Å². The number of fused-ring (bicyclic) bond motifs is 1. The van der Waals surface area contributed by atoms with E-state index in [4.69, 9.17) is 10.5 Å². The molecular weight excluding hydrogens is 254 g/mol. The highest BCUT2D eigenvalue weighted by Crippen LogP contribution is 2.31. The van der Waals surface area contributed by atoms with Gasteiger partial charge in [-0.1, -0.05) is 0 Å². The van der Waals surface area contributed by atoms with Crippen molar-refractivity contribution in [3.63, 3.8) is 0 Å². The largest absolute Gasteiger partial charge is 0.490 e. The molecule has 0 spiro atoms. The van der Waals surface area contributed by atoms with Gasteiger partial charge in [-0.3, -0.25) is 0 Å². The molecule has 2 N–H and O–H groups in total. The van der Waals surface area contributed by atoms with Crippen LogP contribution in [0.1, 0.15) is 0 Å². The highest BCUT2D eigenvalue weighted by atomic mass is 35.5. The smallest absolute Gasteiger partial charge is 0.142 e. The normalized spacial score (nSPS) is 13.0. The third-order valence-corrected chi connectivity index (χ3v) is 2.28. The van der Waals surface area contributed by atoms with Gasteiger partial charge in [0.05, 0.1) is 12.2 Å². The zero-order chi connectivity index (χ0) is 9.97. The minimum absolute atomic E-state index is 0. The topological polar surface area (TPSA) is 38.5 Å². The molecule has 1 aromatic carbocycles. The SMILES string of the molecule is Cl.Cl.NCCN1CCOc2ccc(F)cc21. The van der Waals surface area contributed by atoms with E-state index in [2.05, 4.69) is 0 Å². The van der Waals surface area contributed by atoms with Crippen molar-refractivity contribution in [2.24, 2.45) is 5.73 Å². The maximum atomic E-state index is 13.0. The second kappa shape index (κ2) is 6.78. The van der Waals surface area contributed by atoms with Crippen LogP contribution in [0.3, 0.4) is 0 Å². The van der Waals surface area contributed by atoms with Crippen molar-refractivity contribution < 1.29 is 9.13 Å². The Morgan fingerprint density at radius 2 is 2.12 bits per heavy atom. The van der Waals surface area contributed by atoms with Crippen molar-refractivity contribution in [2.75, 3.05) is 31.1 Å². The Labute approximate surface area is 107 Å². The molecule has 0 bridgehead atoms. The average Bonchev–Trinajstić information content (AvgIpc) is 2.19. The summed E-state index contributed by atoms with van der Waals surface area (Å²) in [6.45, 7) is 2.71. The zero-order valence-corrected chi connectivity index (χ0v) is 10.3. The molecule has 0 radical (unpaired) electrons. The lowest BCUT2D eigenvalue weighted by molar-refractivity contribution is 0.307. The first-order valence-electron chi connectivity index (χ1n) is 4.68. The lowest BCUT2D eigenvalue weighted by atomic mass is 10.2. The fourth-order valence-corrected chi connectivity index (χ4v) is 1.63. The molecule has 1 aliphatic rings. The van der Waals surface area contributed by atoms with Gasteiger partial charge in [0.1, 0.15) is 18.2 Å². The lowest BCUT2D eigenvalue weighted by Gasteiger charge is -2.30. The van der Waals surface area contributed by atoms with Gasteiger partial charge in [0.2, 0.25) is 0 Å². The van der Waals surface area contributed by atoms with Crippen LogP contribution in [0.2, 0.25) is 0 Å². The number of nitrogens with two attached hydrogens (primary N) is 1. The maximum absolute atomic E-state index is 13.0. The summed E-state index contributed by atoms with van der Waals surface area (Å²) in [5.41, 5.74) is 6.29. The second-order valence-corrected chi connectivity index (χ2v) is 3.24. The minimum Gasteiger partial charge on any atom is -0.490 e. The molecule has 0 fully saturated rings. The number of halogens is 3. The molecule has 0 aliphatic carbocycles.